The van der Waals surface area contributed by atoms with Crippen molar-refractivity contribution in [3.63, 3.8) is 0 Å². The van der Waals surface area contributed by atoms with Crippen LogP contribution in [0, 0.1) is 5.82 Å². The standard InChI is InChI=1S/C17H19FN2O2S/c18-15-9-12(20-17(21)10-14-4-2-8-23-14)5-6-16(15)19-11-13-3-1-7-22-13/h2,4-6,8-9,13,19H,1,3,7,10-11H2,(H,20,21)/t13-/m1/s1. The van der Waals surface area contributed by atoms with E-state index in [1.54, 1.807) is 12.1 Å². The van der Waals surface area contributed by atoms with Crippen LogP contribution < -0.4 is 10.6 Å². The number of hydrogen-bond acceptors (Lipinski definition) is 4. The number of nitrogens with one attached hydrogen (secondary N) is 2. The highest BCUT2D eigenvalue weighted by Crippen LogP contribution is 2.21. The van der Waals surface area contributed by atoms with Crippen LogP contribution in [0.25, 0.3) is 0 Å². The quantitative estimate of drug-likeness (QED) is 0.848. The summed E-state index contributed by atoms with van der Waals surface area (Å²) >= 11 is 1.53. The third-order valence-corrected chi connectivity index (χ3v) is 4.59. The number of thiophene rings is 1. The monoisotopic (exact) mass is 334 g/mol. The first kappa shape index (κ1) is 16.0. The molecule has 2 aromatic rings. The first-order chi connectivity index (χ1) is 11.2. The van der Waals surface area contributed by atoms with Gasteiger partial charge in [-0.25, -0.2) is 4.39 Å². The van der Waals surface area contributed by atoms with Crippen LogP contribution in [0.2, 0.25) is 0 Å². The molecule has 1 aliphatic heterocycles. The lowest BCUT2D eigenvalue weighted by Crippen LogP contribution is -2.19. The van der Waals surface area contributed by atoms with Crippen molar-refractivity contribution in [2.75, 3.05) is 23.8 Å². The first-order valence-electron chi connectivity index (χ1n) is 7.68. The summed E-state index contributed by atoms with van der Waals surface area (Å²) in [5, 5.41) is 7.71. The van der Waals surface area contributed by atoms with E-state index in [0.29, 0.717) is 24.3 Å². The Balaban J connectivity index is 1.54. The predicted molar refractivity (Wildman–Crippen MR) is 90.5 cm³/mol. The van der Waals surface area contributed by atoms with Gasteiger partial charge in [0.05, 0.1) is 18.2 Å². The van der Waals surface area contributed by atoms with Crippen LogP contribution in [0.3, 0.4) is 0 Å². The molecule has 1 aliphatic rings. The molecule has 23 heavy (non-hydrogen) atoms. The summed E-state index contributed by atoms with van der Waals surface area (Å²) in [4.78, 5) is 12.9. The molecule has 0 saturated carbocycles. The zero-order chi connectivity index (χ0) is 16.1. The lowest BCUT2D eigenvalue weighted by Gasteiger charge is -2.13. The molecule has 0 bridgehead atoms. The molecule has 4 nitrogen and oxygen atoms in total. The zero-order valence-electron chi connectivity index (χ0n) is 12.7. The molecule has 1 fully saturated rings. The Kier molecular flexibility index (Phi) is 5.25. The van der Waals surface area contributed by atoms with E-state index < -0.39 is 0 Å². The second kappa shape index (κ2) is 7.57. The fraction of sp³-hybridized carbons (Fsp3) is 0.353. The molecule has 1 amide bonds. The zero-order valence-corrected chi connectivity index (χ0v) is 13.5. The second-order valence-corrected chi connectivity index (χ2v) is 6.55. The number of carbonyl (C=O) groups is 1. The molecule has 0 unspecified atom stereocenters. The average Bonchev–Trinajstić information content (AvgIpc) is 3.19. The summed E-state index contributed by atoms with van der Waals surface area (Å²) in [6, 6.07) is 8.49. The van der Waals surface area contributed by atoms with E-state index in [2.05, 4.69) is 10.6 Å². The van der Waals surface area contributed by atoms with Crippen LogP contribution >= 0.6 is 11.3 Å². The van der Waals surface area contributed by atoms with E-state index in [1.165, 1.54) is 17.4 Å². The minimum atomic E-state index is -0.378. The molecular weight excluding hydrogens is 315 g/mol. The van der Waals surface area contributed by atoms with Gasteiger partial charge in [-0.1, -0.05) is 6.07 Å². The predicted octanol–water partition coefficient (Wildman–Crippen LogP) is 3.66. The lowest BCUT2D eigenvalue weighted by atomic mass is 10.2. The van der Waals surface area contributed by atoms with Crippen molar-refractivity contribution in [1.82, 2.24) is 0 Å². The number of benzene rings is 1. The Morgan fingerprint density at radius 1 is 1.39 bits per heavy atom. The first-order valence-corrected chi connectivity index (χ1v) is 8.56. The molecule has 0 spiro atoms. The maximum absolute atomic E-state index is 14.1. The SMILES string of the molecule is O=C(Cc1cccs1)Nc1ccc(NC[C@H]2CCCO2)c(F)c1. The topological polar surface area (TPSA) is 50.4 Å². The van der Waals surface area contributed by atoms with Gasteiger partial charge in [0.15, 0.2) is 0 Å². The molecule has 0 aliphatic carbocycles. The number of carbonyl (C=O) groups excluding carboxylic acids is 1. The second-order valence-electron chi connectivity index (χ2n) is 5.51. The van der Waals surface area contributed by atoms with Crippen molar-refractivity contribution in [3.05, 3.63) is 46.4 Å². The third kappa shape index (κ3) is 4.53. The number of rotatable bonds is 6. The Morgan fingerprint density at radius 3 is 3.00 bits per heavy atom. The highest BCUT2D eigenvalue weighted by Gasteiger charge is 2.15. The molecule has 2 N–H and O–H groups in total. The molecule has 2 heterocycles. The Morgan fingerprint density at radius 2 is 2.30 bits per heavy atom. The number of amides is 1. The van der Waals surface area contributed by atoms with Crippen LogP contribution in [-0.2, 0) is 16.0 Å². The highest BCUT2D eigenvalue weighted by molar-refractivity contribution is 7.10. The minimum absolute atomic E-state index is 0.146. The number of hydrogen-bond donors (Lipinski definition) is 2. The van der Waals surface area contributed by atoms with E-state index in [-0.39, 0.29) is 17.8 Å². The van der Waals surface area contributed by atoms with Crippen molar-refractivity contribution < 1.29 is 13.9 Å². The van der Waals surface area contributed by atoms with Crippen LogP contribution in [0.4, 0.5) is 15.8 Å². The molecule has 1 saturated heterocycles. The van der Waals surface area contributed by atoms with Gasteiger partial charge in [-0.05, 0) is 42.5 Å². The van der Waals surface area contributed by atoms with E-state index in [4.69, 9.17) is 4.74 Å². The Bertz CT molecular complexity index is 655. The maximum atomic E-state index is 14.1. The lowest BCUT2D eigenvalue weighted by molar-refractivity contribution is -0.115. The Labute approximate surface area is 138 Å². The number of halogens is 1. The van der Waals surface area contributed by atoms with Gasteiger partial charge in [-0.2, -0.15) is 0 Å². The van der Waals surface area contributed by atoms with Gasteiger partial charge < -0.3 is 15.4 Å². The Hall–Kier alpha value is -1.92. The van der Waals surface area contributed by atoms with Gasteiger partial charge in [-0.3, -0.25) is 4.79 Å². The molecular formula is C17H19FN2O2S. The molecule has 6 heteroatoms. The largest absolute Gasteiger partial charge is 0.380 e. The van der Waals surface area contributed by atoms with E-state index >= 15 is 0 Å². The van der Waals surface area contributed by atoms with Gasteiger partial charge in [0.2, 0.25) is 5.91 Å². The summed E-state index contributed by atoms with van der Waals surface area (Å²) in [5.74, 6) is -0.524. The highest BCUT2D eigenvalue weighted by atomic mass is 32.1. The molecule has 1 atom stereocenters. The molecule has 122 valence electrons. The van der Waals surface area contributed by atoms with Crippen molar-refractivity contribution in [3.8, 4) is 0 Å². The summed E-state index contributed by atoms with van der Waals surface area (Å²) < 4.78 is 19.6. The number of ether oxygens (including phenoxy) is 1. The van der Waals surface area contributed by atoms with Crippen LogP contribution in [-0.4, -0.2) is 25.2 Å². The minimum Gasteiger partial charge on any atom is -0.380 e. The van der Waals surface area contributed by atoms with Crippen LogP contribution in [0.1, 0.15) is 17.7 Å². The average molecular weight is 334 g/mol. The third-order valence-electron chi connectivity index (χ3n) is 3.71. The van der Waals surface area contributed by atoms with E-state index in [9.17, 15) is 9.18 Å². The van der Waals surface area contributed by atoms with Gasteiger partial charge >= 0.3 is 0 Å². The molecule has 0 radical (unpaired) electrons. The summed E-state index contributed by atoms with van der Waals surface area (Å²) in [6.07, 6.45) is 2.52. The van der Waals surface area contributed by atoms with Gasteiger partial charge in [0.1, 0.15) is 5.82 Å². The van der Waals surface area contributed by atoms with Crippen LogP contribution in [0.15, 0.2) is 35.7 Å². The van der Waals surface area contributed by atoms with E-state index in [0.717, 1.165) is 24.3 Å². The van der Waals surface area contributed by atoms with Crippen molar-refractivity contribution in [2.45, 2.75) is 25.4 Å². The molecule has 3 rings (SSSR count). The van der Waals surface area contributed by atoms with Crippen molar-refractivity contribution >= 4 is 28.6 Å². The van der Waals surface area contributed by atoms with Gasteiger partial charge in [-0.15, -0.1) is 11.3 Å². The summed E-state index contributed by atoms with van der Waals surface area (Å²) in [6.45, 7) is 1.38. The normalized spacial score (nSPS) is 17.2. The maximum Gasteiger partial charge on any atom is 0.229 e. The van der Waals surface area contributed by atoms with Crippen molar-refractivity contribution in [1.29, 1.82) is 0 Å². The smallest absolute Gasteiger partial charge is 0.229 e. The fourth-order valence-corrected chi connectivity index (χ4v) is 3.25. The molecule has 1 aromatic carbocycles. The van der Waals surface area contributed by atoms with Crippen molar-refractivity contribution in [2.24, 2.45) is 0 Å². The fourth-order valence-electron chi connectivity index (χ4n) is 2.54. The van der Waals surface area contributed by atoms with Crippen LogP contribution in [0.5, 0.6) is 0 Å². The van der Waals surface area contributed by atoms with Gasteiger partial charge in [0, 0.05) is 23.7 Å². The summed E-state index contributed by atoms with van der Waals surface area (Å²) in [7, 11) is 0. The summed E-state index contributed by atoms with van der Waals surface area (Å²) in [5.41, 5.74) is 0.892. The molecule has 1 aromatic heterocycles. The van der Waals surface area contributed by atoms with E-state index in [1.807, 2.05) is 17.5 Å². The van der Waals surface area contributed by atoms with Gasteiger partial charge in [0.25, 0.3) is 0 Å². The number of anilines is 2.